The third kappa shape index (κ3) is 3.78. The normalized spacial score (nSPS) is 28.0. The second kappa shape index (κ2) is 6.06. The highest BCUT2D eigenvalue weighted by molar-refractivity contribution is 5.57. The number of aldehydes is 1. The molecule has 0 aromatic heterocycles. The molecule has 2 nitrogen and oxygen atoms in total. The first-order valence-electron chi connectivity index (χ1n) is 5.95. The number of carbonyl (C=O) groups excluding carboxylic acids is 1. The highest BCUT2D eigenvalue weighted by Crippen LogP contribution is 2.28. The third-order valence-corrected chi connectivity index (χ3v) is 3.21. The van der Waals surface area contributed by atoms with Crippen molar-refractivity contribution in [3.63, 3.8) is 0 Å². The van der Waals surface area contributed by atoms with Crippen LogP contribution in [0.15, 0.2) is 12.2 Å². The SMILES string of the molecule is CC(C)CCC(O)C1CCC=CC1C=O. The summed E-state index contributed by atoms with van der Waals surface area (Å²) in [6.45, 7) is 4.31. The zero-order valence-corrected chi connectivity index (χ0v) is 9.73. The molecule has 0 aliphatic heterocycles. The van der Waals surface area contributed by atoms with Gasteiger partial charge in [0.15, 0.2) is 0 Å². The van der Waals surface area contributed by atoms with Gasteiger partial charge in [-0.1, -0.05) is 26.0 Å². The molecule has 15 heavy (non-hydrogen) atoms. The molecule has 1 rings (SSSR count). The van der Waals surface area contributed by atoms with Gasteiger partial charge in [0.25, 0.3) is 0 Å². The maximum absolute atomic E-state index is 10.9. The van der Waals surface area contributed by atoms with Crippen LogP contribution in [0.25, 0.3) is 0 Å². The number of carbonyl (C=O) groups is 1. The summed E-state index contributed by atoms with van der Waals surface area (Å²) >= 11 is 0. The average Bonchev–Trinajstić information content (AvgIpc) is 2.25. The number of hydrogen-bond donors (Lipinski definition) is 1. The Labute approximate surface area is 92.4 Å². The lowest BCUT2D eigenvalue weighted by atomic mass is 9.79. The van der Waals surface area contributed by atoms with E-state index < -0.39 is 0 Å². The Kier molecular flexibility index (Phi) is 5.03. The van der Waals surface area contributed by atoms with Gasteiger partial charge >= 0.3 is 0 Å². The predicted octanol–water partition coefficient (Wildman–Crippen LogP) is 2.56. The van der Waals surface area contributed by atoms with Crippen molar-refractivity contribution >= 4 is 6.29 Å². The second-order valence-corrected chi connectivity index (χ2v) is 4.92. The summed E-state index contributed by atoms with van der Waals surface area (Å²) in [4.78, 5) is 10.9. The zero-order valence-electron chi connectivity index (χ0n) is 9.73. The van der Waals surface area contributed by atoms with Crippen LogP contribution in [-0.2, 0) is 4.79 Å². The largest absolute Gasteiger partial charge is 0.393 e. The van der Waals surface area contributed by atoms with Crippen LogP contribution < -0.4 is 0 Å². The van der Waals surface area contributed by atoms with Gasteiger partial charge in [-0.15, -0.1) is 0 Å². The van der Waals surface area contributed by atoms with Crippen LogP contribution in [-0.4, -0.2) is 17.5 Å². The lowest BCUT2D eigenvalue weighted by Crippen LogP contribution is -2.29. The highest BCUT2D eigenvalue weighted by Gasteiger charge is 2.27. The standard InChI is InChI=1S/C13H22O2/c1-10(2)7-8-13(15)12-6-4-3-5-11(12)9-14/h3,5,9-13,15H,4,6-8H2,1-2H3. The van der Waals surface area contributed by atoms with Gasteiger partial charge < -0.3 is 9.90 Å². The lowest BCUT2D eigenvalue weighted by Gasteiger charge is -2.28. The summed E-state index contributed by atoms with van der Waals surface area (Å²) in [5.41, 5.74) is 0. The van der Waals surface area contributed by atoms with E-state index in [0.29, 0.717) is 5.92 Å². The number of allylic oxidation sites excluding steroid dienone is 2. The summed E-state index contributed by atoms with van der Waals surface area (Å²) in [6, 6.07) is 0. The molecule has 0 radical (unpaired) electrons. The summed E-state index contributed by atoms with van der Waals surface area (Å²) in [5, 5.41) is 10.0. The average molecular weight is 210 g/mol. The monoisotopic (exact) mass is 210 g/mol. The molecule has 1 N–H and O–H groups in total. The fourth-order valence-electron chi connectivity index (χ4n) is 2.19. The van der Waals surface area contributed by atoms with Crippen LogP contribution in [0.4, 0.5) is 0 Å². The molecule has 0 spiro atoms. The minimum atomic E-state index is -0.312. The predicted molar refractivity (Wildman–Crippen MR) is 61.5 cm³/mol. The van der Waals surface area contributed by atoms with Crippen molar-refractivity contribution in [2.75, 3.05) is 0 Å². The molecule has 0 amide bonds. The molecule has 0 aromatic carbocycles. The number of rotatable bonds is 5. The molecule has 3 unspecified atom stereocenters. The molecule has 86 valence electrons. The van der Waals surface area contributed by atoms with Crippen molar-refractivity contribution in [1.82, 2.24) is 0 Å². The van der Waals surface area contributed by atoms with E-state index in [1.807, 2.05) is 12.2 Å². The fraction of sp³-hybridized carbons (Fsp3) is 0.769. The quantitative estimate of drug-likeness (QED) is 0.559. The minimum absolute atomic E-state index is 0.0686. The molecule has 1 aliphatic rings. The molecule has 2 heteroatoms. The summed E-state index contributed by atoms with van der Waals surface area (Å²) in [5.74, 6) is 0.695. The van der Waals surface area contributed by atoms with Crippen molar-refractivity contribution in [2.45, 2.75) is 45.6 Å². The van der Waals surface area contributed by atoms with E-state index in [1.54, 1.807) is 0 Å². The molecule has 0 saturated heterocycles. The molecule has 0 aromatic rings. The molecular formula is C13H22O2. The first-order chi connectivity index (χ1) is 7.15. The van der Waals surface area contributed by atoms with Crippen LogP contribution in [0, 0.1) is 17.8 Å². The van der Waals surface area contributed by atoms with Crippen molar-refractivity contribution in [2.24, 2.45) is 17.8 Å². The van der Waals surface area contributed by atoms with E-state index in [2.05, 4.69) is 13.8 Å². The van der Waals surface area contributed by atoms with E-state index in [1.165, 1.54) is 0 Å². The second-order valence-electron chi connectivity index (χ2n) is 4.92. The molecule has 0 heterocycles. The first-order valence-corrected chi connectivity index (χ1v) is 5.95. The Morgan fingerprint density at radius 1 is 1.47 bits per heavy atom. The Bertz CT molecular complexity index is 221. The van der Waals surface area contributed by atoms with E-state index in [0.717, 1.165) is 32.0 Å². The molecular weight excluding hydrogens is 188 g/mol. The van der Waals surface area contributed by atoms with Gasteiger partial charge in [0, 0.05) is 5.92 Å². The van der Waals surface area contributed by atoms with Gasteiger partial charge in [0.2, 0.25) is 0 Å². The fourth-order valence-corrected chi connectivity index (χ4v) is 2.19. The van der Waals surface area contributed by atoms with Crippen molar-refractivity contribution < 1.29 is 9.90 Å². The zero-order chi connectivity index (χ0) is 11.3. The smallest absolute Gasteiger partial charge is 0.127 e. The molecule has 0 saturated carbocycles. The third-order valence-electron chi connectivity index (χ3n) is 3.21. The summed E-state index contributed by atoms with van der Waals surface area (Å²) < 4.78 is 0. The van der Waals surface area contributed by atoms with Gasteiger partial charge in [-0.05, 0) is 37.5 Å². The van der Waals surface area contributed by atoms with Crippen molar-refractivity contribution in [1.29, 1.82) is 0 Å². The highest BCUT2D eigenvalue weighted by atomic mass is 16.3. The summed E-state index contributed by atoms with van der Waals surface area (Å²) in [7, 11) is 0. The molecule has 3 atom stereocenters. The Balaban J connectivity index is 2.46. The molecule has 1 aliphatic carbocycles. The van der Waals surface area contributed by atoms with E-state index in [4.69, 9.17) is 0 Å². The van der Waals surface area contributed by atoms with Crippen LogP contribution in [0.3, 0.4) is 0 Å². The Morgan fingerprint density at radius 2 is 2.20 bits per heavy atom. The van der Waals surface area contributed by atoms with Crippen LogP contribution in [0.5, 0.6) is 0 Å². The Hall–Kier alpha value is -0.630. The number of aliphatic hydroxyl groups is 1. The molecule has 0 bridgehead atoms. The Morgan fingerprint density at radius 3 is 2.80 bits per heavy atom. The van der Waals surface area contributed by atoms with E-state index in [9.17, 15) is 9.90 Å². The topological polar surface area (TPSA) is 37.3 Å². The first kappa shape index (κ1) is 12.4. The lowest BCUT2D eigenvalue weighted by molar-refractivity contribution is -0.112. The van der Waals surface area contributed by atoms with Gasteiger partial charge in [0.05, 0.1) is 6.10 Å². The van der Waals surface area contributed by atoms with E-state index in [-0.39, 0.29) is 17.9 Å². The van der Waals surface area contributed by atoms with Crippen molar-refractivity contribution in [3.05, 3.63) is 12.2 Å². The van der Waals surface area contributed by atoms with Crippen LogP contribution in [0.1, 0.15) is 39.5 Å². The van der Waals surface area contributed by atoms with E-state index >= 15 is 0 Å². The number of hydrogen-bond acceptors (Lipinski definition) is 2. The summed E-state index contributed by atoms with van der Waals surface area (Å²) in [6.07, 6.45) is 8.44. The van der Waals surface area contributed by atoms with Gasteiger partial charge in [-0.2, -0.15) is 0 Å². The number of aliphatic hydroxyl groups excluding tert-OH is 1. The van der Waals surface area contributed by atoms with Crippen LogP contribution >= 0.6 is 0 Å². The van der Waals surface area contributed by atoms with Crippen molar-refractivity contribution in [3.8, 4) is 0 Å². The maximum Gasteiger partial charge on any atom is 0.127 e. The molecule has 0 fully saturated rings. The minimum Gasteiger partial charge on any atom is -0.393 e. The van der Waals surface area contributed by atoms with Gasteiger partial charge in [0.1, 0.15) is 6.29 Å². The van der Waals surface area contributed by atoms with Gasteiger partial charge in [-0.25, -0.2) is 0 Å². The maximum atomic E-state index is 10.9. The van der Waals surface area contributed by atoms with Crippen LogP contribution in [0.2, 0.25) is 0 Å². The van der Waals surface area contributed by atoms with Gasteiger partial charge in [-0.3, -0.25) is 0 Å².